The van der Waals surface area contributed by atoms with Gasteiger partial charge >= 0.3 is 0 Å². The molecule has 0 radical (unpaired) electrons. The first kappa shape index (κ1) is 18.3. The number of nitrogens with one attached hydrogen (secondary N) is 1. The molecule has 8 heteroatoms. The number of nitrogens with two attached hydrogens (primary N) is 1. The monoisotopic (exact) mass is 397 g/mol. The predicted octanol–water partition coefficient (Wildman–Crippen LogP) is 1.12. The van der Waals surface area contributed by atoms with Crippen molar-refractivity contribution in [3.8, 4) is 0 Å². The minimum atomic E-state index is -0.355. The molecular weight excluding hydrogens is 373 g/mol. The number of carbonyl (C=O) groups excluding carboxylic acids is 1. The molecule has 0 saturated carbocycles. The van der Waals surface area contributed by atoms with Crippen LogP contribution in [0.5, 0.6) is 0 Å². The van der Waals surface area contributed by atoms with E-state index in [1.807, 2.05) is 17.0 Å². The molecule has 3 atom stereocenters. The highest BCUT2D eigenvalue weighted by Gasteiger charge is 2.54. The Balaban J connectivity index is 1.45. The lowest BCUT2D eigenvalue weighted by molar-refractivity contribution is -0.135. The maximum absolute atomic E-state index is 13.4. The van der Waals surface area contributed by atoms with Crippen LogP contribution in [0.1, 0.15) is 30.0 Å². The summed E-state index contributed by atoms with van der Waals surface area (Å²) in [5.74, 6) is 0.378. The highest BCUT2D eigenvalue weighted by molar-refractivity contribution is 5.79. The van der Waals surface area contributed by atoms with Crippen molar-refractivity contribution in [3.63, 3.8) is 0 Å². The maximum Gasteiger partial charge on any atom is 0.252 e. The Labute approximate surface area is 167 Å². The number of benzene rings is 1. The van der Waals surface area contributed by atoms with Gasteiger partial charge in [-0.05, 0) is 49.5 Å². The van der Waals surface area contributed by atoms with Gasteiger partial charge in [-0.3, -0.25) is 19.5 Å². The van der Waals surface area contributed by atoms with E-state index in [-0.39, 0.29) is 47.7 Å². The van der Waals surface area contributed by atoms with Crippen molar-refractivity contribution in [1.29, 1.82) is 0 Å². The maximum atomic E-state index is 13.4. The largest absolute Gasteiger partial charge is 0.369 e. The van der Waals surface area contributed by atoms with Crippen LogP contribution < -0.4 is 11.3 Å². The van der Waals surface area contributed by atoms with Gasteiger partial charge in [0.25, 0.3) is 5.56 Å². The Bertz CT molecular complexity index is 983. The van der Waals surface area contributed by atoms with E-state index in [0.29, 0.717) is 18.2 Å². The number of aromatic nitrogens is 2. The zero-order chi connectivity index (χ0) is 20.1. The Hall–Kier alpha value is -2.74. The number of hydrogen-bond donors (Lipinski definition) is 2. The molecule has 6 rings (SSSR count). The minimum absolute atomic E-state index is 0.0200. The van der Waals surface area contributed by atoms with Gasteiger partial charge in [-0.25, -0.2) is 9.37 Å². The zero-order valence-electron chi connectivity index (χ0n) is 16.1. The summed E-state index contributed by atoms with van der Waals surface area (Å²) in [5.41, 5.74) is 6.73. The molecule has 7 nitrogen and oxygen atoms in total. The van der Waals surface area contributed by atoms with Crippen LogP contribution in [-0.2, 0) is 11.2 Å². The van der Waals surface area contributed by atoms with E-state index >= 15 is 0 Å². The SMILES string of the molecule is Nc1nc(CC(=O)N2C[C@H](c3ccc(F)cc3)[C@H]3[C@@H]2C2CCN3CC2)cc(=O)[nH]1. The first-order valence-electron chi connectivity index (χ1n) is 10.1. The summed E-state index contributed by atoms with van der Waals surface area (Å²) in [7, 11) is 0. The van der Waals surface area contributed by atoms with E-state index in [2.05, 4.69) is 14.9 Å². The molecule has 0 spiro atoms. The van der Waals surface area contributed by atoms with Crippen LogP contribution in [0.15, 0.2) is 35.1 Å². The van der Waals surface area contributed by atoms with Gasteiger partial charge in [-0.2, -0.15) is 0 Å². The molecule has 4 saturated heterocycles. The Morgan fingerprint density at radius 3 is 2.62 bits per heavy atom. The van der Waals surface area contributed by atoms with Gasteiger partial charge < -0.3 is 10.6 Å². The van der Waals surface area contributed by atoms with Crippen molar-refractivity contribution in [3.05, 3.63) is 57.8 Å². The quantitative estimate of drug-likeness (QED) is 0.809. The molecule has 2 bridgehead atoms. The second-order valence-electron chi connectivity index (χ2n) is 8.36. The van der Waals surface area contributed by atoms with Gasteiger partial charge in [-0.1, -0.05) is 12.1 Å². The third kappa shape index (κ3) is 3.21. The highest BCUT2D eigenvalue weighted by atomic mass is 19.1. The van der Waals surface area contributed by atoms with Crippen molar-refractivity contribution in [2.45, 2.75) is 37.3 Å². The van der Waals surface area contributed by atoms with Gasteiger partial charge in [0.05, 0.1) is 18.2 Å². The van der Waals surface area contributed by atoms with E-state index in [0.717, 1.165) is 31.5 Å². The second kappa shape index (κ2) is 6.95. The summed E-state index contributed by atoms with van der Waals surface area (Å²) >= 11 is 0. The fraction of sp³-hybridized carbons (Fsp3) is 0.476. The molecule has 5 heterocycles. The van der Waals surface area contributed by atoms with Crippen LogP contribution in [0.25, 0.3) is 0 Å². The minimum Gasteiger partial charge on any atom is -0.369 e. The molecule has 4 fully saturated rings. The summed E-state index contributed by atoms with van der Waals surface area (Å²) in [6.07, 6.45) is 2.24. The number of likely N-dealkylation sites (tertiary alicyclic amines) is 1. The molecule has 4 aliphatic heterocycles. The number of rotatable bonds is 3. The lowest BCUT2D eigenvalue weighted by Gasteiger charge is -2.51. The van der Waals surface area contributed by atoms with Gasteiger partial charge in [0.2, 0.25) is 11.9 Å². The number of anilines is 1. The van der Waals surface area contributed by atoms with Crippen LogP contribution in [0.3, 0.4) is 0 Å². The fourth-order valence-corrected chi connectivity index (χ4v) is 5.58. The topological polar surface area (TPSA) is 95.3 Å². The Morgan fingerprint density at radius 2 is 1.93 bits per heavy atom. The standard InChI is InChI=1S/C21H24FN5O2/c22-14-3-1-12(2-4-14)16-11-27(19-13-5-7-26(8-6-13)20(16)19)18(29)10-15-9-17(28)25-21(23)24-15/h1-4,9,13,16,19-20H,5-8,10-11H2,(H3,23,24,25,28)/t16-,19+,20+/m1/s1. The van der Waals surface area contributed by atoms with Crippen LogP contribution in [0, 0.1) is 11.7 Å². The fourth-order valence-electron chi connectivity index (χ4n) is 5.58. The molecule has 3 N–H and O–H groups in total. The van der Waals surface area contributed by atoms with Crippen LogP contribution in [0.2, 0.25) is 0 Å². The number of halogens is 1. The van der Waals surface area contributed by atoms with Crippen LogP contribution in [-0.4, -0.2) is 57.4 Å². The third-order valence-corrected chi connectivity index (χ3v) is 6.76. The van der Waals surface area contributed by atoms with Crippen molar-refractivity contribution in [1.82, 2.24) is 19.8 Å². The van der Waals surface area contributed by atoms with Gasteiger partial charge in [-0.15, -0.1) is 0 Å². The van der Waals surface area contributed by atoms with Gasteiger partial charge in [0.15, 0.2) is 0 Å². The second-order valence-corrected chi connectivity index (χ2v) is 8.36. The number of carbonyl (C=O) groups is 1. The lowest BCUT2D eigenvalue weighted by Crippen LogP contribution is -2.60. The normalized spacial score (nSPS) is 30.4. The van der Waals surface area contributed by atoms with E-state index in [1.54, 1.807) is 0 Å². The number of hydrogen-bond acceptors (Lipinski definition) is 5. The average Bonchev–Trinajstić information content (AvgIpc) is 3.12. The van der Waals surface area contributed by atoms with Crippen molar-refractivity contribution < 1.29 is 9.18 Å². The van der Waals surface area contributed by atoms with Crippen molar-refractivity contribution >= 4 is 11.9 Å². The summed E-state index contributed by atoms with van der Waals surface area (Å²) in [6.45, 7) is 2.71. The number of H-pyrrole nitrogens is 1. The van der Waals surface area contributed by atoms with Gasteiger partial charge in [0.1, 0.15) is 5.82 Å². The van der Waals surface area contributed by atoms with Crippen LogP contribution >= 0.6 is 0 Å². The molecule has 0 aliphatic carbocycles. The molecule has 2 aromatic rings. The molecule has 1 aromatic heterocycles. The average molecular weight is 397 g/mol. The summed E-state index contributed by atoms with van der Waals surface area (Å²) in [5, 5.41) is 0. The Morgan fingerprint density at radius 1 is 1.21 bits per heavy atom. The number of nitrogen functional groups attached to an aromatic ring is 1. The summed E-state index contributed by atoms with van der Waals surface area (Å²) < 4.78 is 13.4. The third-order valence-electron chi connectivity index (χ3n) is 6.76. The number of aromatic amines is 1. The molecular formula is C21H24FN5O2. The van der Waals surface area contributed by atoms with Crippen LogP contribution in [0.4, 0.5) is 10.3 Å². The van der Waals surface area contributed by atoms with E-state index in [1.165, 1.54) is 18.2 Å². The number of nitrogens with zero attached hydrogens (tertiary/aromatic N) is 3. The number of fused-ring (bicyclic) bond motifs is 2. The predicted molar refractivity (Wildman–Crippen MR) is 106 cm³/mol. The first-order valence-corrected chi connectivity index (χ1v) is 10.1. The lowest BCUT2D eigenvalue weighted by atomic mass is 9.75. The Kier molecular flexibility index (Phi) is 4.38. The number of amides is 1. The molecule has 29 heavy (non-hydrogen) atoms. The molecule has 0 unspecified atom stereocenters. The van der Waals surface area contributed by atoms with E-state index in [4.69, 9.17) is 5.73 Å². The molecule has 152 valence electrons. The summed E-state index contributed by atoms with van der Waals surface area (Å²) in [4.78, 5) is 35.9. The van der Waals surface area contributed by atoms with Crippen molar-refractivity contribution in [2.24, 2.45) is 5.92 Å². The first-order chi connectivity index (χ1) is 14.0. The summed E-state index contributed by atoms with van der Waals surface area (Å²) in [6, 6.07) is 8.41. The van der Waals surface area contributed by atoms with Gasteiger partial charge in [0, 0.05) is 24.6 Å². The van der Waals surface area contributed by atoms with Crippen molar-refractivity contribution in [2.75, 3.05) is 25.4 Å². The highest BCUT2D eigenvalue weighted by Crippen LogP contribution is 2.46. The van der Waals surface area contributed by atoms with E-state index < -0.39 is 0 Å². The molecule has 4 aliphatic rings. The molecule has 1 aromatic carbocycles. The smallest absolute Gasteiger partial charge is 0.252 e. The zero-order valence-corrected chi connectivity index (χ0v) is 16.1. The number of piperidine rings is 3. The van der Waals surface area contributed by atoms with E-state index in [9.17, 15) is 14.0 Å². The molecule has 1 amide bonds.